The molecule has 0 aromatic carbocycles. The molecule has 0 fully saturated rings. The number of hydrogen-bond donors (Lipinski definition) is 2. The molecule has 0 saturated carbocycles. The van der Waals surface area contributed by atoms with E-state index in [1.165, 1.54) is 0 Å². The predicted octanol–water partition coefficient (Wildman–Crippen LogP) is 1.43. The smallest absolute Gasteiger partial charge is 0.141 e. The van der Waals surface area contributed by atoms with E-state index in [-0.39, 0.29) is 6.61 Å². The Kier molecular flexibility index (Phi) is 3.65. The van der Waals surface area contributed by atoms with Crippen molar-refractivity contribution in [3.63, 3.8) is 0 Å². The van der Waals surface area contributed by atoms with Gasteiger partial charge in [-0.2, -0.15) is 5.26 Å². The lowest BCUT2D eigenvalue weighted by Gasteiger charge is -1.87. The third-order valence-corrected chi connectivity index (χ3v) is 1.52. The van der Waals surface area contributed by atoms with Crippen LogP contribution >= 0.6 is 0 Å². The average Bonchev–Trinajstić information content (AvgIpc) is 2.65. The van der Waals surface area contributed by atoms with Crippen LogP contribution in [0.15, 0.2) is 24.4 Å². The molecule has 72 valence electrons. The predicted molar refractivity (Wildman–Crippen MR) is 53.6 cm³/mol. The highest BCUT2D eigenvalue weighted by Gasteiger charge is 1.95. The van der Waals surface area contributed by atoms with Crippen LogP contribution in [0.25, 0.3) is 11.0 Å². The van der Waals surface area contributed by atoms with Gasteiger partial charge >= 0.3 is 0 Å². The maximum absolute atomic E-state index is 8.51. The largest absolute Gasteiger partial charge is 0.397 e. The first-order chi connectivity index (χ1) is 6.81. The quantitative estimate of drug-likeness (QED) is 0.658. The zero-order valence-electron chi connectivity index (χ0n) is 7.86. The second-order valence-corrected chi connectivity index (χ2v) is 2.53. The number of nitrogens with zero attached hydrogens (tertiary/aromatic N) is 2. The molecule has 2 heterocycles. The minimum atomic E-state index is 0.250. The summed E-state index contributed by atoms with van der Waals surface area (Å²) < 4.78 is 0. The van der Waals surface area contributed by atoms with Gasteiger partial charge < -0.3 is 10.1 Å². The van der Waals surface area contributed by atoms with E-state index in [0.29, 0.717) is 5.69 Å². The summed E-state index contributed by atoms with van der Waals surface area (Å²) in [7, 11) is 0. The molecule has 2 rings (SSSR count). The molecule has 0 unspecified atom stereocenters. The topological polar surface area (TPSA) is 72.7 Å². The zero-order valence-corrected chi connectivity index (χ0v) is 7.86. The number of nitriles is 1. The van der Waals surface area contributed by atoms with Crippen LogP contribution in [0.5, 0.6) is 0 Å². The fourth-order valence-corrected chi connectivity index (χ4v) is 0.997. The summed E-state index contributed by atoms with van der Waals surface area (Å²) in [5, 5.41) is 16.1. The average molecular weight is 189 g/mol. The van der Waals surface area contributed by atoms with Gasteiger partial charge in [-0.05, 0) is 25.1 Å². The molecule has 0 aliphatic heterocycles. The molecule has 14 heavy (non-hydrogen) atoms. The van der Waals surface area contributed by atoms with E-state index < -0.39 is 0 Å². The Morgan fingerprint density at radius 3 is 2.86 bits per heavy atom. The van der Waals surface area contributed by atoms with E-state index in [1.54, 1.807) is 19.2 Å². The number of aromatic nitrogens is 2. The van der Waals surface area contributed by atoms with E-state index in [0.717, 1.165) is 11.0 Å². The molecule has 2 aromatic rings. The first-order valence-electron chi connectivity index (χ1n) is 4.27. The van der Waals surface area contributed by atoms with E-state index in [1.807, 2.05) is 18.2 Å². The minimum Gasteiger partial charge on any atom is -0.397 e. The maximum Gasteiger partial charge on any atom is 0.141 e. The molecule has 0 amide bonds. The summed E-state index contributed by atoms with van der Waals surface area (Å²) in [4.78, 5) is 7.06. The second kappa shape index (κ2) is 5.00. The molecule has 0 saturated heterocycles. The summed E-state index contributed by atoms with van der Waals surface area (Å²) in [5.41, 5.74) is 2.25. The number of fused-ring (bicyclic) bond motifs is 1. The molecule has 0 spiro atoms. The van der Waals surface area contributed by atoms with Gasteiger partial charge in [0.05, 0.1) is 11.0 Å². The van der Waals surface area contributed by atoms with Crippen molar-refractivity contribution >= 4 is 11.0 Å². The second-order valence-electron chi connectivity index (χ2n) is 2.53. The number of pyridine rings is 1. The van der Waals surface area contributed by atoms with Crippen molar-refractivity contribution in [2.75, 3.05) is 6.61 Å². The number of nitrogens with one attached hydrogen (secondary N) is 1. The van der Waals surface area contributed by atoms with E-state index in [9.17, 15) is 0 Å². The zero-order chi connectivity index (χ0) is 10.4. The van der Waals surface area contributed by atoms with Gasteiger partial charge in [-0.15, -0.1) is 0 Å². The molecular formula is C10H11N3O. The normalized spacial score (nSPS) is 8.93. The summed E-state index contributed by atoms with van der Waals surface area (Å²) in [6.45, 7) is 1.93. The van der Waals surface area contributed by atoms with Gasteiger partial charge in [-0.1, -0.05) is 0 Å². The van der Waals surface area contributed by atoms with Crippen molar-refractivity contribution in [2.24, 2.45) is 0 Å². The van der Waals surface area contributed by atoms with Crippen molar-refractivity contribution in [2.45, 2.75) is 6.92 Å². The number of aliphatic hydroxyl groups is 1. The number of aromatic amines is 1. The van der Waals surface area contributed by atoms with E-state index in [2.05, 4.69) is 9.97 Å². The van der Waals surface area contributed by atoms with Crippen LogP contribution in [-0.4, -0.2) is 21.7 Å². The first-order valence-corrected chi connectivity index (χ1v) is 4.27. The van der Waals surface area contributed by atoms with Crippen LogP contribution in [0.2, 0.25) is 0 Å². The highest BCUT2D eigenvalue weighted by atomic mass is 16.2. The van der Waals surface area contributed by atoms with Crippen LogP contribution < -0.4 is 0 Å². The maximum atomic E-state index is 8.51. The van der Waals surface area contributed by atoms with Crippen molar-refractivity contribution < 1.29 is 5.11 Å². The van der Waals surface area contributed by atoms with Gasteiger partial charge in [-0.3, -0.25) is 0 Å². The van der Waals surface area contributed by atoms with Gasteiger partial charge in [0, 0.05) is 12.8 Å². The molecule has 4 heteroatoms. The van der Waals surface area contributed by atoms with Crippen LogP contribution in [0.4, 0.5) is 0 Å². The van der Waals surface area contributed by atoms with Crippen molar-refractivity contribution in [1.29, 1.82) is 5.26 Å². The van der Waals surface area contributed by atoms with E-state index in [4.69, 9.17) is 10.4 Å². The Morgan fingerprint density at radius 1 is 1.50 bits per heavy atom. The van der Waals surface area contributed by atoms with Crippen LogP contribution in [0.1, 0.15) is 12.6 Å². The first kappa shape index (κ1) is 10.2. The van der Waals surface area contributed by atoms with Crippen molar-refractivity contribution in [1.82, 2.24) is 9.97 Å². The fraction of sp³-hybridized carbons (Fsp3) is 0.200. The lowest BCUT2D eigenvalue weighted by molar-refractivity contribution is 0.318. The number of hydrogen-bond acceptors (Lipinski definition) is 3. The number of rotatable bonds is 0. The van der Waals surface area contributed by atoms with Crippen LogP contribution in [0.3, 0.4) is 0 Å². The standard InChI is InChI=1S/C8H5N3.C2H6O/c9-5-6-1-2-7-8(11-6)3-4-10-7;1-2-3/h1-4,10H;3H,2H2,1H3. The van der Waals surface area contributed by atoms with Crippen molar-refractivity contribution in [3.05, 3.63) is 30.1 Å². The molecule has 0 atom stereocenters. The summed E-state index contributed by atoms with van der Waals surface area (Å²) >= 11 is 0. The number of aliphatic hydroxyl groups excluding tert-OH is 1. The third kappa shape index (κ3) is 2.31. The number of H-pyrrole nitrogens is 1. The molecule has 0 aliphatic rings. The Bertz CT molecular complexity index is 442. The van der Waals surface area contributed by atoms with Gasteiger partial charge in [0.15, 0.2) is 0 Å². The molecule has 2 aromatic heterocycles. The summed E-state index contributed by atoms with van der Waals surface area (Å²) in [5.74, 6) is 0. The molecule has 4 nitrogen and oxygen atoms in total. The Hall–Kier alpha value is -1.86. The van der Waals surface area contributed by atoms with Gasteiger partial charge in [0.25, 0.3) is 0 Å². The summed E-state index contributed by atoms with van der Waals surface area (Å²) in [6, 6.07) is 7.37. The molecular weight excluding hydrogens is 178 g/mol. The van der Waals surface area contributed by atoms with Gasteiger partial charge in [-0.25, -0.2) is 4.98 Å². The van der Waals surface area contributed by atoms with Crippen LogP contribution in [-0.2, 0) is 0 Å². The lowest BCUT2D eigenvalue weighted by atomic mass is 10.3. The van der Waals surface area contributed by atoms with Crippen molar-refractivity contribution in [3.8, 4) is 6.07 Å². The molecule has 2 N–H and O–H groups in total. The fourth-order valence-electron chi connectivity index (χ4n) is 0.997. The van der Waals surface area contributed by atoms with E-state index >= 15 is 0 Å². The van der Waals surface area contributed by atoms with Crippen LogP contribution in [0, 0.1) is 11.3 Å². The Balaban J connectivity index is 0.000000293. The van der Waals surface area contributed by atoms with Gasteiger partial charge in [0.1, 0.15) is 11.8 Å². The highest BCUT2D eigenvalue weighted by molar-refractivity contribution is 5.75. The lowest BCUT2D eigenvalue weighted by Crippen LogP contribution is -1.80. The minimum absolute atomic E-state index is 0.250. The van der Waals surface area contributed by atoms with Gasteiger partial charge in [0.2, 0.25) is 0 Å². The summed E-state index contributed by atoms with van der Waals surface area (Å²) in [6.07, 6.45) is 1.80. The molecule has 0 radical (unpaired) electrons. The third-order valence-electron chi connectivity index (χ3n) is 1.52. The molecule has 0 aliphatic carbocycles. The Labute approximate surface area is 81.8 Å². The SMILES string of the molecule is CCO.N#Cc1ccc2[nH]ccc2n1. The Morgan fingerprint density at radius 2 is 2.21 bits per heavy atom. The monoisotopic (exact) mass is 189 g/mol. The highest BCUT2D eigenvalue weighted by Crippen LogP contribution is 2.08. The molecule has 0 bridgehead atoms.